The van der Waals surface area contributed by atoms with E-state index in [-0.39, 0.29) is 6.61 Å². The van der Waals surface area contributed by atoms with Gasteiger partial charge in [-0.15, -0.1) is 0 Å². The molecule has 0 fully saturated rings. The lowest BCUT2D eigenvalue weighted by molar-refractivity contribution is 0.229. The molecule has 0 bridgehead atoms. The van der Waals surface area contributed by atoms with Crippen LogP contribution in [0.25, 0.3) is 0 Å². The molecule has 100 valence electrons. The van der Waals surface area contributed by atoms with E-state index < -0.39 is 0 Å². The molecule has 1 aromatic rings. The van der Waals surface area contributed by atoms with Crippen LogP contribution in [0.3, 0.4) is 0 Å². The van der Waals surface area contributed by atoms with Gasteiger partial charge in [0.1, 0.15) is 12.1 Å². The summed E-state index contributed by atoms with van der Waals surface area (Å²) in [5.74, 6) is 1.42. The van der Waals surface area contributed by atoms with Gasteiger partial charge in [-0.05, 0) is 44.4 Å². The molecule has 2 rings (SSSR count). The van der Waals surface area contributed by atoms with Crippen LogP contribution in [-0.4, -0.2) is 28.2 Å². The summed E-state index contributed by atoms with van der Waals surface area (Å²) in [6.07, 6.45) is 8.48. The lowest BCUT2D eigenvalue weighted by Crippen LogP contribution is -2.13. The number of aliphatic hydroxyl groups is 1. The molecule has 0 saturated heterocycles. The van der Waals surface area contributed by atoms with Crippen LogP contribution in [0.1, 0.15) is 43.9 Å². The fourth-order valence-electron chi connectivity index (χ4n) is 2.42. The molecule has 1 unspecified atom stereocenters. The number of nitrogens with one attached hydrogen (secondary N) is 1. The van der Waals surface area contributed by atoms with Gasteiger partial charge in [0.2, 0.25) is 0 Å². The molecule has 1 aliphatic rings. The number of nitrogens with zero attached hydrogens (tertiary/aromatic N) is 2. The Balaban J connectivity index is 1.86. The van der Waals surface area contributed by atoms with Crippen LogP contribution in [0.4, 0.5) is 5.82 Å². The summed E-state index contributed by atoms with van der Waals surface area (Å²) >= 11 is 0. The first-order valence-corrected chi connectivity index (χ1v) is 6.98. The van der Waals surface area contributed by atoms with Crippen molar-refractivity contribution >= 4 is 5.82 Å². The molecule has 1 aromatic heterocycles. The standard InChI is InChI=1S/C14H23N3O/c1-11(9-18)5-4-8-15-14-12-6-2-3-7-13(12)16-10-17-14/h10-11,18H,2-9H2,1H3,(H,15,16,17). The van der Waals surface area contributed by atoms with E-state index in [4.69, 9.17) is 5.11 Å². The van der Waals surface area contributed by atoms with Gasteiger partial charge in [0.15, 0.2) is 0 Å². The highest BCUT2D eigenvalue weighted by Gasteiger charge is 2.14. The van der Waals surface area contributed by atoms with Crippen LogP contribution in [0, 0.1) is 5.92 Å². The van der Waals surface area contributed by atoms with E-state index >= 15 is 0 Å². The number of aromatic nitrogens is 2. The molecule has 1 aliphatic carbocycles. The highest BCUT2D eigenvalue weighted by molar-refractivity contribution is 5.46. The Morgan fingerprint density at radius 2 is 2.17 bits per heavy atom. The van der Waals surface area contributed by atoms with Crippen molar-refractivity contribution in [1.29, 1.82) is 0 Å². The van der Waals surface area contributed by atoms with E-state index in [9.17, 15) is 0 Å². The number of aliphatic hydroxyl groups excluding tert-OH is 1. The Morgan fingerprint density at radius 1 is 1.33 bits per heavy atom. The minimum Gasteiger partial charge on any atom is -0.396 e. The third-order valence-electron chi connectivity index (χ3n) is 3.60. The van der Waals surface area contributed by atoms with E-state index in [2.05, 4.69) is 22.2 Å². The van der Waals surface area contributed by atoms with Gasteiger partial charge in [-0.3, -0.25) is 0 Å². The summed E-state index contributed by atoms with van der Waals surface area (Å²) in [7, 11) is 0. The van der Waals surface area contributed by atoms with E-state index in [1.807, 2.05) is 0 Å². The molecular weight excluding hydrogens is 226 g/mol. The molecule has 4 heteroatoms. The van der Waals surface area contributed by atoms with Gasteiger partial charge in [0.25, 0.3) is 0 Å². The van der Waals surface area contributed by atoms with Crippen molar-refractivity contribution < 1.29 is 5.11 Å². The first-order chi connectivity index (χ1) is 8.81. The van der Waals surface area contributed by atoms with Crippen molar-refractivity contribution in [3.8, 4) is 0 Å². The molecule has 0 aliphatic heterocycles. The normalized spacial score (nSPS) is 16.1. The van der Waals surface area contributed by atoms with Crippen LogP contribution in [0.15, 0.2) is 6.33 Å². The predicted octanol–water partition coefficient (Wildman–Crippen LogP) is 2.18. The van der Waals surface area contributed by atoms with E-state index in [1.165, 1.54) is 24.1 Å². The maximum absolute atomic E-state index is 8.97. The van der Waals surface area contributed by atoms with E-state index in [0.717, 1.165) is 38.0 Å². The topological polar surface area (TPSA) is 58.0 Å². The van der Waals surface area contributed by atoms with Gasteiger partial charge in [0.05, 0.1) is 0 Å². The molecule has 1 atom stereocenters. The number of hydrogen-bond acceptors (Lipinski definition) is 4. The van der Waals surface area contributed by atoms with Gasteiger partial charge >= 0.3 is 0 Å². The summed E-state index contributed by atoms with van der Waals surface area (Å²) in [6, 6.07) is 0. The number of fused-ring (bicyclic) bond motifs is 1. The molecule has 0 amide bonds. The van der Waals surface area contributed by atoms with Gasteiger partial charge in [-0.25, -0.2) is 9.97 Å². The minimum atomic E-state index is 0.281. The molecule has 0 radical (unpaired) electrons. The van der Waals surface area contributed by atoms with Gasteiger partial charge in [-0.2, -0.15) is 0 Å². The number of anilines is 1. The largest absolute Gasteiger partial charge is 0.396 e. The minimum absolute atomic E-state index is 0.281. The van der Waals surface area contributed by atoms with Crippen molar-refractivity contribution in [2.75, 3.05) is 18.5 Å². The van der Waals surface area contributed by atoms with Crippen LogP contribution < -0.4 is 5.32 Å². The first kappa shape index (κ1) is 13.3. The third-order valence-corrected chi connectivity index (χ3v) is 3.60. The van der Waals surface area contributed by atoms with Crippen molar-refractivity contribution in [3.05, 3.63) is 17.6 Å². The summed E-state index contributed by atoms with van der Waals surface area (Å²) in [4.78, 5) is 8.72. The number of hydrogen-bond donors (Lipinski definition) is 2. The highest BCUT2D eigenvalue weighted by atomic mass is 16.3. The van der Waals surface area contributed by atoms with E-state index in [0.29, 0.717) is 5.92 Å². The van der Waals surface area contributed by atoms with Crippen molar-refractivity contribution in [2.24, 2.45) is 5.92 Å². The molecule has 18 heavy (non-hydrogen) atoms. The maximum Gasteiger partial charge on any atom is 0.132 e. The number of aryl methyl sites for hydroxylation is 1. The maximum atomic E-state index is 8.97. The summed E-state index contributed by atoms with van der Waals surface area (Å²) in [5, 5.41) is 12.4. The third kappa shape index (κ3) is 3.42. The second kappa shape index (κ2) is 6.69. The zero-order valence-electron chi connectivity index (χ0n) is 11.2. The second-order valence-corrected chi connectivity index (χ2v) is 5.21. The fraction of sp³-hybridized carbons (Fsp3) is 0.714. The molecular formula is C14H23N3O. The van der Waals surface area contributed by atoms with E-state index in [1.54, 1.807) is 6.33 Å². The first-order valence-electron chi connectivity index (χ1n) is 6.98. The summed E-state index contributed by atoms with van der Waals surface area (Å²) in [6.45, 7) is 3.28. The molecule has 4 nitrogen and oxygen atoms in total. The molecule has 2 N–H and O–H groups in total. The van der Waals surface area contributed by atoms with Crippen LogP contribution in [-0.2, 0) is 12.8 Å². The lowest BCUT2D eigenvalue weighted by Gasteiger charge is -2.18. The smallest absolute Gasteiger partial charge is 0.132 e. The Morgan fingerprint density at radius 3 is 3.00 bits per heavy atom. The van der Waals surface area contributed by atoms with Crippen LogP contribution >= 0.6 is 0 Å². The monoisotopic (exact) mass is 249 g/mol. The summed E-state index contributed by atoms with van der Waals surface area (Å²) in [5.41, 5.74) is 2.54. The zero-order chi connectivity index (χ0) is 12.8. The molecule has 0 saturated carbocycles. The molecule has 0 spiro atoms. The van der Waals surface area contributed by atoms with Crippen molar-refractivity contribution in [2.45, 2.75) is 45.4 Å². The van der Waals surface area contributed by atoms with Crippen LogP contribution in [0.2, 0.25) is 0 Å². The molecule has 0 aromatic carbocycles. The fourth-order valence-corrected chi connectivity index (χ4v) is 2.42. The van der Waals surface area contributed by atoms with Gasteiger partial charge < -0.3 is 10.4 Å². The van der Waals surface area contributed by atoms with Gasteiger partial charge in [0, 0.05) is 24.4 Å². The zero-order valence-corrected chi connectivity index (χ0v) is 11.2. The lowest BCUT2D eigenvalue weighted by atomic mass is 9.96. The average Bonchev–Trinajstić information content (AvgIpc) is 2.43. The highest BCUT2D eigenvalue weighted by Crippen LogP contribution is 2.24. The predicted molar refractivity (Wildman–Crippen MR) is 72.6 cm³/mol. The van der Waals surface area contributed by atoms with Crippen LogP contribution in [0.5, 0.6) is 0 Å². The average molecular weight is 249 g/mol. The Hall–Kier alpha value is -1.16. The molecule has 1 heterocycles. The van der Waals surface area contributed by atoms with Crippen molar-refractivity contribution in [1.82, 2.24) is 9.97 Å². The number of rotatable bonds is 6. The summed E-state index contributed by atoms with van der Waals surface area (Å²) < 4.78 is 0. The Kier molecular flexibility index (Phi) is 4.93. The second-order valence-electron chi connectivity index (χ2n) is 5.21. The SMILES string of the molecule is CC(CO)CCCNc1ncnc2c1CCCC2. The quantitative estimate of drug-likeness (QED) is 0.759. The van der Waals surface area contributed by atoms with Gasteiger partial charge in [-0.1, -0.05) is 6.92 Å². The Labute approximate surface area is 109 Å². The Bertz CT molecular complexity index is 381. The van der Waals surface area contributed by atoms with Crippen molar-refractivity contribution in [3.63, 3.8) is 0 Å².